The molecule has 3 rings (SSSR count). The van der Waals surface area contributed by atoms with E-state index in [1.54, 1.807) is 24.4 Å². The zero-order chi connectivity index (χ0) is 19.3. The van der Waals surface area contributed by atoms with Crippen LogP contribution in [0.5, 0.6) is 0 Å². The van der Waals surface area contributed by atoms with Crippen LogP contribution >= 0.6 is 0 Å². The van der Waals surface area contributed by atoms with E-state index in [1.807, 2.05) is 0 Å². The van der Waals surface area contributed by atoms with E-state index < -0.39 is 17.6 Å². The Balaban J connectivity index is 1.74. The number of rotatable bonds is 5. The summed E-state index contributed by atoms with van der Waals surface area (Å²) in [6.07, 6.45) is -0.183. The highest BCUT2D eigenvalue weighted by atomic mass is 19.4. The quantitative estimate of drug-likeness (QED) is 0.706. The van der Waals surface area contributed by atoms with Crippen LogP contribution in [0.1, 0.15) is 21.6 Å². The van der Waals surface area contributed by atoms with E-state index in [4.69, 9.17) is 0 Å². The van der Waals surface area contributed by atoms with Crippen LogP contribution in [0.25, 0.3) is 0 Å². The minimum absolute atomic E-state index is 0.113. The molecule has 2 heterocycles. The molecular weight excluding hydrogens is 357 g/mol. The second-order valence-electron chi connectivity index (χ2n) is 5.63. The SMILES string of the molecule is O=C(NCc1ccccn1)c1cncc(Nc2ccccc2C(F)(F)F)c1. The Morgan fingerprint density at radius 1 is 1.04 bits per heavy atom. The van der Waals surface area contributed by atoms with Gasteiger partial charge in [0.05, 0.1) is 40.9 Å². The molecule has 0 atom stereocenters. The fraction of sp³-hybridized carbons (Fsp3) is 0.105. The van der Waals surface area contributed by atoms with E-state index in [9.17, 15) is 18.0 Å². The third-order valence-electron chi connectivity index (χ3n) is 3.67. The van der Waals surface area contributed by atoms with Crippen molar-refractivity contribution >= 4 is 17.3 Å². The molecule has 2 N–H and O–H groups in total. The first kappa shape index (κ1) is 18.4. The van der Waals surface area contributed by atoms with Crippen molar-refractivity contribution < 1.29 is 18.0 Å². The van der Waals surface area contributed by atoms with Gasteiger partial charge in [-0.3, -0.25) is 14.8 Å². The van der Waals surface area contributed by atoms with E-state index in [1.165, 1.54) is 36.7 Å². The highest BCUT2D eigenvalue weighted by molar-refractivity contribution is 5.94. The number of pyridine rings is 2. The van der Waals surface area contributed by atoms with Gasteiger partial charge in [0.1, 0.15) is 0 Å². The number of alkyl halides is 3. The first-order valence-corrected chi connectivity index (χ1v) is 8.00. The van der Waals surface area contributed by atoms with Crippen molar-refractivity contribution in [2.75, 3.05) is 5.32 Å². The molecule has 0 aliphatic rings. The number of benzene rings is 1. The van der Waals surface area contributed by atoms with Crippen LogP contribution < -0.4 is 10.6 Å². The van der Waals surface area contributed by atoms with Gasteiger partial charge in [-0.2, -0.15) is 13.2 Å². The second kappa shape index (κ2) is 7.86. The van der Waals surface area contributed by atoms with Crippen molar-refractivity contribution in [3.8, 4) is 0 Å². The molecule has 0 aliphatic heterocycles. The fourth-order valence-corrected chi connectivity index (χ4v) is 2.40. The van der Waals surface area contributed by atoms with Gasteiger partial charge in [0.2, 0.25) is 0 Å². The van der Waals surface area contributed by atoms with E-state index in [0.29, 0.717) is 5.69 Å². The molecule has 8 heteroatoms. The lowest BCUT2D eigenvalue weighted by Crippen LogP contribution is -2.23. The number of para-hydroxylation sites is 1. The zero-order valence-electron chi connectivity index (χ0n) is 14.0. The number of carbonyl (C=O) groups is 1. The molecule has 138 valence electrons. The molecule has 0 aliphatic carbocycles. The van der Waals surface area contributed by atoms with Crippen molar-refractivity contribution in [2.45, 2.75) is 12.7 Å². The second-order valence-corrected chi connectivity index (χ2v) is 5.63. The maximum Gasteiger partial charge on any atom is 0.418 e. The molecular formula is C19H15F3N4O. The van der Waals surface area contributed by atoms with Crippen LogP contribution in [0, 0.1) is 0 Å². The van der Waals surface area contributed by atoms with Crippen molar-refractivity contribution in [3.63, 3.8) is 0 Å². The molecule has 0 spiro atoms. The number of amides is 1. The summed E-state index contributed by atoms with van der Waals surface area (Å²) in [5.41, 5.74) is 0.276. The van der Waals surface area contributed by atoms with Crippen LogP contribution in [0.3, 0.4) is 0 Å². The van der Waals surface area contributed by atoms with Crippen LogP contribution in [-0.2, 0) is 12.7 Å². The molecule has 1 amide bonds. The molecule has 0 unspecified atom stereocenters. The van der Waals surface area contributed by atoms with Crippen LogP contribution in [-0.4, -0.2) is 15.9 Å². The summed E-state index contributed by atoms with van der Waals surface area (Å²) in [6, 6.07) is 11.9. The van der Waals surface area contributed by atoms with Crippen LogP contribution in [0.15, 0.2) is 67.1 Å². The van der Waals surface area contributed by atoms with Crippen molar-refractivity contribution in [1.29, 1.82) is 0 Å². The summed E-state index contributed by atoms with van der Waals surface area (Å²) in [7, 11) is 0. The topological polar surface area (TPSA) is 66.9 Å². The minimum Gasteiger partial charge on any atom is -0.354 e. The minimum atomic E-state index is -4.49. The Hall–Kier alpha value is -3.42. The number of anilines is 2. The average Bonchev–Trinajstić information content (AvgIpc) is 2.67. The predicted octanol–water partition coefficient (Wildman–Crippen LogP) is 4.17. The van der Waals surface area contributed by atoms with E-state index in [-0.39, 0.29) is 23.5 Å². The Labute approximate surface area is 153 Å². The summed E-state index contributed by atoms with van der Waals surface area (Å²) in [5.74, 6) is -0.402. The number of hydrogen-bond acceptors (Lipinski definition) is 4. The monoisotopic (exact) mass is 372 g/mol. The van der Waals surface area contributed by atoms with Crippen molar-refractivity contribution in [2.24, 2.45) is 0 Å². The number of nitrogens with one attached hydrogen (secondary N) is 2. The Kier molecular flexibility index (Phi) is 5.35. The van der Waals surface area contributed by atoms with Gasteiger partial charge in [-0.05, 0) is 30.3 Å². The summed E-state index contributed by atoms with van der Waals surface area (Å²) in [4.78, 5) is 20.3. The highest BCUT2D eigenvalue weighted by Gasteiger charge is 2.33. The Morgan fingerprint density at radius 2 is 1.81 bits per heavy atom. The third kappa shape index (κ3) is 4.81. The summed E-state index contributed by atoms with van der Waals surface area (Å²) < 4.78 is 39.3. The van der Waals surface area contributed by atoms with Crippen LogP contribution in [0.2, 0.25) is 0 Å². The zero-order valence-corrected chi connectivity index (χ0v) is 14.0. The average molecular weight is 372 g/mol. The van der Waals surface area contributed by atoms with Gasteiger partial charge in [0.25, 0.3) is 5.91 Å². The molecule has 0 fully saturated rings. The molecule has 1 aromatic carbocycles. The number of halogens is 3. The van der Waals surface area contributed by atoms with Gasteiger partial charge >= 0.3 is 6.18 Å². The van der Waals surface area contributed by atoms with E-state index in [2.05, 4.69) is 20.6 Å². The molecule has 2 aromatic heterocycles. The van der Waals surface area contributed by atoms with Gasteiger partial charge in [-0.15, -0.1) is 0 Å². The maximum atomic E-state index is 13.1. The first-order valence-electron chi connectivity index (χ1n) is 8.00. The van der Waals surface area contributed by atoms with E-state index in [0.717, 1.165) is 6.07 Å². The number of carbonyl (C=O) groups excluding carboxylic acids is 1. The summed E-state index contributed by atoms with van der Waals surface area (Å²) in [5, 5.41) is 5.37. The highest BCUT2D eigenvalue weighted by Crippen LogP contribution is 2.35. The van der Waals surface area contributed by atoms with Crippen molar-refractivity contribution in [1.82, 2.24) is 15.3 Å². The lowest BCUT2D eigenvalue weighted by molar-refractivity contribution is -0.136. The maximum absolute atomic E-state index is 13.1. The number of aromatic nitrogens is 2. The Morgan fingerprint density at radius 3 is 2.56 bits per heavy atom. The fourth-order valence-electron chi connectivity index (χ4n) is 2.40. The summed E-state index contributed by atoms with van der Waals surface area (Å²) >= 11 is 0. The molecule has 3 aromatic rings. The van der Waals surface area contributed by atoms with Gasteiger partial charge in [-0.25, -0.2) is 0 Å². The molecule has 0 saturated carbocycles. The van der Waals surface area contributed by atoms with E-state index >= 15 is 0 Å². The number of nitrogens with zero attached hydrogens (tertiary/aromatic N) is 2. The third-order valence-corrected chi connectivity index (χ3v) is 3.67. The van der Waals surface area contributed by atoms with Crippen LogP contribution in [0.4, 0.5) is 24.5 Å². The van der Waals surface area contributed by atoms with Crippen molar-refractivity contribution in [3.05, 3.63) is 83.9 Å². The first-order chi connectivity index (χ1) is 12.9. The smallest absolute Gasteiger partial charge is 0.354 e. The lowest BCUT2D eigenvalue weighted by atomic mass is 10.1. The Bertz CT molecular complexity index is 929. The largest absolute Gasteiger partial charge is 0.418 e. The lowest BCUT2D eigenvalue weighted by Gasteiger charge is -2.14. The van der Waals surface area contributed by atoms with Gasteiger partial charge in [0.15, 0.2) is 0 Å². The molecule has 0 bridgehead atoms. The van der Waals surface area contributed by atoms with Gasteiger partial charge in [-0.1, -0.05) is 18.2 Å². The molecule has 5 nitrogen and oxygen atoms in total. The molecule has 0 saturated heterocycles. The summed E-state index contributed by atoms with van der Waals surface area (Å²) in [6.45, 7) is 0.230. The molecule has 27 heavy (non-hydrogen) atoms. The number of hydrogen-bond donors (Lipinski definition) is 2. The van der Waals surface area contributed by atoms with Gasteiger partial charge < -0.3 is 10.6 Å². The van der Waals surface area contributed by atoms with Gasteiger partial charge in [0, 0.05) is 12.4 Å². The normalized spacial score (nSPS) is 11.1. The predicted molar refractivity (Wildman–Crippen MR) is 94.4 cm³/mol. The molecule has 0 radical (unpaired) electrons. The standard InChI is InChI=1S/C19H15F3N4O/c20-19(21,22)16-6-1-2-7-17(16)26-15-9-13(10-23-11-15)18(27)25-12-14-5-3-4-8-24-14/h1-11,26H,12H2,(H,25,27).